The molecule has 1 aliphatic heterocycles. The van der Waals surface area contributed by atoms with Crippen LogP contribution in [0.3, 0.4) is 0 Å². The van der Waals surface area contributed by atoms with Crippen molar-refractivity contribution in [2.75, 3.05) is 13.1 Å². The van der Waals surface area contributed by atoms with Gasteiger partial charge in [0.05, 0.1) is 0 Å². The lowest BCUT2D eigenvalue weighted by Gasteiger charge is -2.38. The lowest BCUT2D eigenvalue weighted by molar-refractivity contribution is -0.0146. The van der Waals surface area contributed by atoms with Crippen LogP contribution in [0.2, 0.25) is 0 Å². The Balaban J connectivity index is 2.25. The minimum Gasteiger partial charge on any atom is -0.382 e. The number of aliphatic hydroxyl groups is 1. The lowest BCUT2D eigenvalue weighted by atomic mass is 9.88. The third-order valence-corrected chi connectivity index (χ3v) is 2.54. The van der Waals surface area contributed by atoms with Crippen molar-refractivity contribution in [2.24, 2.45) is 5.73 Å². The Labute approximate surface area is 81.7 Å². The molecule has 0 aliphatic carbocycles. The largest absolute Gasteiger partial charge is 0.382 e. The molecule has 1 saturated heterocycles. The van der Waals surface area contributed by atoms with E-state index in [0.717, 1.165) is 5.56 Å². The molecule has 1 aromatic carbocycles. The van der Waals surface area contributed by atoms with Crippen molar-refractivity contribution in [1.82, 2.24) is 5.32 Å². The highest BCUT2D eigenvalue weighted by molar-refractivity contribution is 5.92. The molecule has 0 aromatic heterocycles. The van der Waals surface area contributed by atoms with E-state index >= 15 is 0 Å². The molecule has 0 atom stereocenters. The second-order valence-electron chi connectivity index (χ2n) is 3.58. The molecule has 1 heterocycles. The smallest absolute Gasteiger partial charge is 0.248 e. The molecule has 1 fully saturated rings. The SMILES string of the molecule is NC(=O)c1ccc(C2(O)CNC2)cc1. The molecule has 1 amide bonds. The van der Waals surface area contributed by atoms with Crippen LogP contribution < -0.4 is 11.1 Å². The van der Waals surface area contributed by atoms with E-state index in [4.69, 9.17) is 5.73 Å². The highest BCUT2D eigenvalue weighted by atomic mass is 16.3. The Morgan fingerprint density at radius 3 is 2.29 bits per heavy atom. The second kappa shape index (κ2) is 3.08. The van der Waals surface area contributed by atoms with Gasteiger partial charge in [-0.3, -0.25) is 4.79 Å². The van der Waals surface area contributed by atoms with Gasteiger partial charge in [-0.25, -0.2) is 0 Å². The molecule has 0 spiro atoms. The summed E-state index contributed by atoms with van der Waals surface area (Å²) in [4.78, 5) is 10.8. The Bertz CT molecular complexity index is 355. The zero-order chi connectivity index (χ0) is 10.2. The monoisotopic (exact) mass is 192 g/mol. The lowest BCUT2D eigenvalue weighted by Crippen LogP contribution is -2.56. The van der Waals surface area contributed by atoms with Crippen LogP contribution >= 0.6 is 0 Å². The van der Waals surface area contributed by atoms with Crippen molar-refractivity contribution < 1.29 is 9.90 Å². The normalized spacial score (nSPS) is 18.6. The highest BCUT2D eigenvalue weighted by Gasteiger charge is 2.35. The van der Waals surface area contributed by atoms with Crippen molar-refractivity contribution in [3.63, 3.8) is 0 Å². The fourth-order valence-electron chi connectivity index (χ4n) is 1.51. The van der Waals surface area contributed by atoms with Crippen LogP contribution in [-0.4, -0.2) is 24.1 Å². The molecule has 4 N–H and O–H groups in total. The first-order valence-corrected chi connectivity index (χ1v) is 4.45. The fraction of sp³-hybridized carbons (Fsp3) is 0.300. The van der Waals surface area contributed by atoms with E-state index in [2.05, 4.69) is 5.32 Å². The maximum absolute atomic E-state index is 10.8. The molecule has 0 bridgehead atoms. The maximum Gasteiger partial charge on any atom is 0.248 e. The number of hydrogen-bond donors (Lipinski definition) is 3. The van der Waals surface area contributed by atoms with Crippen molar-refractivity contribution in [2.45, 2.75) is 5.60 Å². The third kappa shape index (κ3) is 1.38. The van der Waals surface area contributed by atoms with Gasteiger partial charge in [-0.2, -0.15) is 0 Å². The summed E-state index contributed by atoms with van der Waals surface area (Å²) in [6.45, 7) is 1.12. The molecule has 0 saturated carbocycles. The third-order valence-electron chi connectivity index (χ3n) is 2.54. The summed E-state index contributed by atoms with van der Waals surface area (Å²) >= 11 is 0. The molecule has 0 radical (unpaired) electrons. The number of primary amides is 1. The van der Waals surface area contributed by atoms with Gasteiger partial charge >= 0.3 is 0 Å². The van der Waals surface area contributed by atoms with E-state index in [-0.39, 0.29) is 0 Å². The molecular formula is C10H12N2O2. The van der Waals surface area contributed by atoms with Crippen molar-refractivity contribution >= 4 is 5.91 Å². The summed E-state index contributed by atoms with van der Waals surface area (Å²) in [6.07, 6.45) is 0. The molecule has 1 aromatic rings. The van der Waals surface area contributed by atoms with Gasteiger partial charge in [-0.15, -0.1) is 0 Å². The topological polar surface area (TPSA) is 75.4 Å². The number of nitrogens with one attached hydrogen (secondary N) is 1. The van der Waals surface area contributed by atoms with Crippen molar-refractivity contribution in [3.05, 3.63) is 35.4 Å². The van der Waals surface area contributed by atoms with E-state index in [0.29, 0.717) is 18.7 Å². The predicted molar refractivity (Wildman–Crippen MR) is 51.7 cm³/mol. The molecule has 0 unspecified atom stereocenters. The first kappa shape index (κ1) is 9.18. The number of hydrogen-bond acceptors (Lipinski definition) is 3. The predicted octanol–water partition coefficient (Wildman–Crippen LogP) is -0.424. The number of β-amino-alcohol motifs (C(OH)–C–C–N with tert-alkyl or cyclic N) is 1. The number of carbonyl (C=O) groups is 1. The van der Waals surface area contributed by atoms with E-state index < -0.39 is 11.5 Å². The summed E-state index contributed by atoms with van der Waals surface area (Å²) in [5, 5.41) is 12.9. The Morgan fingerprint density at radius 2 is 1.93 bits per heavy atom. The zero-order valence-corrected chi connectivity index (χ0v) is 7.66. The van der Waals surface area contributed by atoms with Gasteiger partial charge in [0.15, 0.2) is 0 Å². The molecule has 2 rings (SSSR count). The van der Waals surface area contributed by atoms with Gasteiger partial charge in [0.1, 0.15) is 5.60 Å². The van der Waals surface area contributed by atoms with E-state index in [9.17, 15) is 9.90 Å². The second-order valence-corrected chi connectivity index (χ2v) is 3.58. The van der Waals surface area contributed by atoms with Gasteiger partial charge in [0.2, 0.25) is 5.91 Å². The van der Waals surface area contributed by atoms with Gasteiger partial charge in [0.25, 0.3) is 0 Å². The minimum absolute atomic E-state index is 0.449. The summed E-state index contributed by atoms with van der Waals surface area (Å²) in [5.74, 6) is -0.449. The molecule has 14 heavy (non-hydrogen) atoms. The number of carbonyl (C=O) groups excluding carboxylic acids is 1. The average molecular weight is 192 g/mol. The van der Waals surface area contributed by atoms with Gasteiger partial charge in [-0.05, 0) is 17.7 Å². The van der Waals surface area contributed by atoms with Crippen LogP contribution in [0.5, 0.6) is 0 Å². The fourth-order valence-corrected chi connectivity index (χ4v) is 1.51. The summed E-state index contributed by atoms with van der Waals surface area (Å²) in [6, 6.07) is 6.74. The van der Waals surface area contributed by atoms with Crippen LogP contribution in [-0.2, 0) is 5.60 Å². The van der Waals surface area contributed by atoms with E-state index in [1.165, 1.54) is 0 Å². The van der Waals surface area contributed by atoms with E-state index in [1.807, 2.05) is 0 Å². The van der Waals surface area contributed by atoms with Crippen molar-refractivity contribution in [1.29, 1.82) is 0 Å². The standard InChI is InChI=1S/C10H12N2O2/c11-9(13)7-1-3-8(4-2-7)10(14)5-12-6-10/h1-4,12,14H,5-6H2,(H2,11,13). The molecule has 1 aliphatic rings. The zero-order valence-electron chi connectivity index (χ0n) is 7.66. The first-order chi connectivity index (χ1) is 6.62. The summed E-state index contributed by atoms with van der Waals surface area (Å²) < 4.78 is 0. The maximum atomic E-state index is 10.8. The first-order valence-electron chi connectivity index (χ1n) is 4.45. The molecule has 4 heteroatoms. The summed E-state index contributed by atoms with van der Waals surface area (Å²) in [7, 11) is 0. The average Bonchev–Trinajstić information content (AvgIpc) is 2.14. The Kier molecular flexibility index (Phi) is 2.02. The number of nitrogens with two attached hydrogens (primary N) is 1. The molecule has 4 nitrogen and oxygen atoms in total. The van der Waals surface area contributed by atoms with E-state index in [1.54, 1.807) is 24.3 Å². The van der Waals surface area contributed by atoms with Gasteiger partial charge < -0.3 is 16.2 Å². The molecular weight excluding hydrogens is 180 g/mol. The number of benzene rings is 1. The molecule has 74 valence electrons. The summed E-state index contributed by atoms with van der Waals surface area (Å²) in [5.41, 5.74) is 5.62. The minimum atomic E-state index is -0.768. The highest BCUT2D eigenvalue weighted by Crippen LogP contribution is 2.25. The van der Waals surface area contributed by atoms with Crippen LogP contribution in [0.1, 0.15) is 15.9 Å². The van der Waals surface area contributed by atoms with Crippen LogP contribution in [0.4, 0.5) is 0 Å². The van der Waals surface area contributed by atoms with Gasteiger partial charge in [0, 0.05) is 18.7 Å². The van der Waals surface area contributed by atoms with Crippen LogP contribution in [0.15, 0.2) is 24.3 Å². The Morgan fingerprint density at radius 1 is 1.36 bits per heavy atom. The quantitative estimate of drug-likeness (QED) is 0.595. The Hall–Kier alpha value is -1.39. The van der Waals surface area contributed by atoms with Crippen LogP contribution in [0, 0.1) is 0 Å². The van der Waals surface area contributed by atoms with Crippen molar-refractivity contribution in [3.8, 4) is 0 Å². The van der Waals surface area contributed by atoms with Gasteiger partial charge in [-0.1, -0.05) is 12.1 Å². The number of amides is 1. The number of rotatable bonds is 2. The van der Waals surface area contributed by atoms with Crippen LogP contribution in [0.25, 0.3) is 0 Å².